The van der Waals surface area contributed by atoms with Crippen molar-refractivity contribution in [3.8, 4) is 11.5 Å². The van der Waals surface area contributed by atoms with Crippen LogP contribution in [0.2, 0.25) is 0 Å². The van der Waals surface area contributed by atoms with Gasteiger partial charge in [-0.15, -0.1) is 5.69 Å². The third-order valence-electron chi connectivity index (χ3n) is 3.77. The van der Waals surface area contributed by atoms with Gasteiger partial charge in [-0.25, -0.2) is 4.57 Å². The van der Waals surface area contributed by atoms with E-state index >= 15 is 0 Å². The average molecular weight is 441 g/mol. The number of pyridine rings is 1. The van der Waals surface area contributed by atoms with E-state index in [9.17, 15) is 4.57 Å². The fourth-order valence-corrected chi connectivity index (χ4v) is 3.91. The van der Waals surface area contributed by atoms with E-state index in [2.05, 4.69) is 10.1 Å². The molecular weight excluding hydrogens is 425 g/mol. The molecule has 0 spiro atoms. The molecule has 0 bridgehead atoms. The van der Waals surface area contributed by atoms with Gasteiger partial charge < -0.3 is 14.1 Å². The van der Waals surface area contributed by atoms with Gasteiger partial charge in [0.25, 0.3) is 0 Å². The fourth-order valence-electron chi connectivity index (χ4n) is 2.59. The first kappa shape index (κ1) is 20.1. The van der Waals surface area contributed by atoms with Gasteiger partial charge in [-0.3, -0.25) is 4.98 Å². The molecule has 0 radical (unpaired) electrons. The fraction of sp³-hybridized carbons (Fsp3) is 0. The predicted octanol–water partition coefficient (Wildman–Crippen LogP) is 6.50. The van der Waals surface area contributed by atoms with Crippen LogP contribution in [-0.2, 0) is 24.0 Å². The van der Waals surface area contributed by atoms with Crippen molar-refractivity contribution in [2.24, 2.45) is 0 Å². The first-order valence-corrected chi connectivity index (χ1v) is 9.88. The third kappa shape index (κ3) is 4.78. The van der Waals surface area contributed by atoms with Crippen molar-refractivity contribution in [3.63, 3.8) is 0 Å². The molecule has 1 heterocycles. The molecule has 4 rings (SSSR count). The minimum Gasteiger partial charge on any atom is -0.560 e. The van der Waals surface area contributed by atoms with Crippen LogP contribution in [0.15, 0.2) is 97.2 Å². The zero-order valence-electron chi connectivity index (χ0n) is 15.0. The molecule has 4 aromatic rings. The second-order valence-corrected chi connectivity index (χ2v) is 7.23. The SMILES string of the molecule is O=P([N-]c1cccc2cccnc12)(Oc1ccccc1)Oc1ccccc1.[Zn]. The van der Waals surface area contributed by atoms with Gasteiger partial charge in [0, 0.05) is 25.7 Å². The molecule has 0 atom stereocenters. The number of benzene rings is 3. The van der Waals surface area contributed by atoms with Crippen LogP contribution in [0.25, 0.3) is 16.0 Å². The Morgan fingerprint density at radius 1 is 0.714 bits per heavy atom. The van der Waals surface area contributed by atoms with Crippen LogP contribution < -0.4 is 9.05 Å². The number of fused-ring (bicyclic) bond motifs is 1. The third-order valence-corrected chi connectivity index (χ3v) is 5.11. The molecule has 28 heavy (non-hydrogen) atoms. The van der Waals surface area contributed by atoms with Crippen molar-refractivity contribution >= 4 is 24.3 Å². The Kier molecular flexibility index (Phi) is 6.46. The van der Waals surface area contributed by atoms with Gasteiger partial charge in [-0.2, -0.15) is 0 Å². The summed E-state index contributed by atoms with van der Waals surface area (Å²) in [6.07, 6.45) is 1.67. The molecule has 0 amide bonds. The monoisotopic (exact) mass is 439 g/mol. The molecule has 3 aromatic carbocycles. The summed E-state index contributed by atoms with van der Waals surface area (Å²) in [6, 6.07) is 26.9. The van der Waals surface area contributed by atoms with E-state index in [1.165, 1.54) is 0 Å². The topological polar surface area (TPSA) is 62.5 Å². The summed E-state index contributed by atoms with van der Waals surface area (Å²) in [5.74, 6) is 0.822. The molecule has 5 nitrogen and oxygen atoms in total. The molecule has 0 saturated heterocycles. The molecule has 0 aliphatic carbocycles. The van der Waals surface area contributed by atoms with Crippen LogP contribution in [-0.4, -0.2) is 4.98 Å². The minimum atomic E-state index is -3.90. The van der Waals surface area contributed by atoms with Crippen molar-refractivity contribution in [2.75, 3.05) is 0 Å². The van der Waals surface area contributed by atoms with E-state index < -0.39 is 7.75 Å². The van der Waals surface area contributed by atoms with Gasteiger partial charge in [0.15, 0.2) is 0 Å². The van der Waals surface area contributed by atoms with Gasteiger partial charge in [-0.1, -0.05) is 60.7 Å². The van der Waals surface area contributed by atoms with Crippen LogP contribution in [0.3, 0.4) is 0 Å². The quantitative estimate of drug-likeness (QED) is 0.253. The van der Waals surface area contributed by atoms with E-state index in [0.717, 1.165) is 5.39 Å². The van der Waals surface area contributed by atoms with Gasteiger partial charge >= 0.3 is 7.75 Å². The second-order valence-electron chi connectivity index (χ2n) is 5.73. The number of hydrogen-bond acceptors (Lipinski definition) is 4. The number of para-hydroxylation sites is 3. The maximum absolute atomic E-state index is 13.5. The van der Waals surface area contributed by atoms with Crippen LogP contribution in [0.5, 0.6) is 11.5 Å². The molecule has 136 valence electrons. The van der Waals surface area contributed by atoms with Gasteiger partial charge in [-0.05, 0) is 35.7 Å². The summed E-state index contributed by atoms with van der Waals surface area (Å²) in [5, 5.41) is 5.25. The van der Waals surface area contributed by atoms with E-state index in [4.69, 9.17) is 9.05 Å². The number of rotatable bonds is 6. The molecular formula is C21H16N2O3PZn-. The van der Waals surface area contributed by atoms with Crippen molar-refractivity contribution in [2.45, 2.75) is 0 Å². The second kappa shape index (κ2) is 9.01. The van der Waals surface area contributed by atoms with Crippen molar-refractivity contribution in [1.82, 2.24) is 4.98 Å². The molecule has 0 unspecified atom stereocenters. The Bertz CT molecular complexity index is 1040. The molecule has 1 aromatic heterocycles. The van der Waals surface area contributed by atoms with Crippen molar-refractivity contribution in [3.05, 3.63) is 102 Å². The number of nitrogens with zero attached hydrogens (tertiary/aromatic N) is 2. The minimum absolute atomic E-state index is 0. The summed E-state index contributed by atoms with van der Waals surface area (Å²) in [7, 11) is -3.90. The standard InChI is InChI=1S/C21H16N2O3P.Zn/c24-27(25-18-11-3-1-4-12-18,26-19-13-5-2-6-14-19)23-20-15-7-9-17-10-8-16-22-21(17)20;/h1-16H;/q-1;. The van der Waals surface area contributed by atoms with Gasteiger partial charge in [0.05, 0.1) is 5.52 Å². The Labute approximate surface area is 176 Å². The average Bonchev–Trinajstić information content (AvgIpc) is 2.69. The van der Waals surface area contributed by atoms with Crippen molar-refractivity contribution < 1.29 is 33.1 Å². The van der Waals surface area contributed by atoms with Crippen LogP contribution >= 0.6 is 7.75 Å². The zero-order chi connectivity index (χ0) is 18.5. The Balaban J connectivity index is 0.00000225. The zero-order valence-corrected chi connectivity index (χ0v) is 18.9. The Hall–Kier alpha value is -2.68. The molecule has 0 N–H and O–H groups in total. The predicted molar refractivity (Wildman–Crippen MR) is 107 cm³/mol. The van der Waals surface area contributed by atoms with Crippen LogP contribution in [0.4, 0.5) is 5.69 Å². The molecule has 0 aliphatic rings. The molecule has 0 fully saturated rings. The summed E-state index contributed by atoms with van der Waals surface area (Å²) >= 11 is 0. The summed E-state index contributed by atoms with van der Waals surface area (Å²) in [4.78, 5) is 4.35. The normalized spacial score (nSPS) is 10.7. The molecule has 0 saturated carbocycles. The summed E-state index contributed by atoms with van der Waals surface area (Å²) in [6.45, 7) is 0. The van der Waals surface area contributed by atoms with Gasteiger partial charge in [0.2, 0.25) is 0 Å². The molecule has 0 aliphatic heterocycles. The number of hydrogen-bond donors (Lipinski definition) is 0. The van der Waals surface area contributed by atoms with E-state index in [1.54, 1.807) is 60.8 Å². The Morgan fingerprint density at radius 2 is 1.29 bits per heavy atom. The summed E-state index contributed by atoms with van der Waals surface area (Å²) < 4.78 is 24.9. The smallest absolute Gasteiger partial charge is 0.368 e. The van der Waals surface area contributed by atoms with E-state index in [0.29, 0.717) is 22.7 Å². The van der Waals surface area contributed by atoms with Crippen LogP contribution in [0, 0.1) is 0 Å². The van der Waals surface area contributed by atoms with E-state index in [-0.39, 0.29) is 19.5 Å². The van der Waals surface area contributed by atoms with Gasteiger partial charge in [0.1, 0.15) is 11.5 Å². The van der Waals surface area contributed by atoms with Crippen LogP contribution in [0.1, 0.15) is 0 Å². The largest absolute Gasteiger partial charge is 0.560 e. The first-order chi connectivity index (χ1) is 13.2. The molecule has 7 heteroatoms. The maximum Gasteiger partial charge on any atom is 0.368 e. The Morgan fingerprint density at radius 3 is 1.89 bits per heavy atom. The van der Waals surface area contributed by atoms with E-state index in [1.807, 2.05) is 36.4 Å². The number of aromatic nitrogens is 1. The van der Waals surface area contributed by atoms with Crippen molar-refractivity contribution in [1.29, 1.82) is 0 Å². The first-order valence-electron chi connectivity index (χ1n) is 8.38. The summed E-state index contributed by atoms with van der Waals surface area (Å²) in [5.41, 5.74) is 1.08. The maximum atomic E-state index is 13.5.